The number of guanidine groups is 1. The Hall–Kier alpha value is -4.69. The minimum Gasteiger partial charge on any atom is -0.481 e. The molecule has 5 amide bonds. The number of nitrogens with zero attached hydrogens (tertiary/aromatic N) is 1. The first kappa shape index (κ1) is 34.5. The quantitative estimate of drug-likeness (QED) is 0.0943. The van der Waals surface area contributed by atoms with Crippen molar-refractivity contribution in [1.29, 1.82) is 0 Å². The molecular weight excluding hydrogens is 560 g/mol. The van der Waals surface area contributed by atoms with Crippen molar-refractivity contribution in [3.05, 3.63) is 34.9 Å². The summed E-state index contributed by atoms with van der Waals surface area (Å²) < 4.78 is 0. The lowest BCUT2D eigenvalue weighted by Crippen LogP contribution is -2.55. The molecule has 0 unspecified atom stereocenters. The van der Waals surface area contributed by atoms with Crippen LogP contribution in [-0.2, 0) is 36.9 Å². The lowest BCUT2D eigenvalue weighted by Gasteiger charge is -2.22. The highest BCUT2D eigenvalue weighted by Crippen LogP contribution is 2.16. The Balaban J connectivity index is 2.41. The van der Waals surface area contributed by atoms with Gasteiger partial charge in [-0.2, -0.15) is 0 Å². The third-order valence-corrected chi connectivity index (χ3v) is 6.56. The molecule has 0 radical (unpaired) electrons. The number of carbonyl (C=O) groups excluding carboxylic acids is 5. The lowest BCUT2D eigenvalue weighted by molar-refractivity contribution is -0.140. The summed E-state index contributed by atoms with van der Waals surface area (Å²) in [7, 11) is 0. The fourth-order valence-corrected chi connectivity index (χ4v) is 4.24. The number of carboxylic acids is 1. The van der Waals surface area contributed by atoms with Crippen molar-refractivity contribution in [3.63, 3.8) is 0 Å². The third-order valence-electron chi connectivity index (χ3n) is 6.56. The van der Waals surface area contributed by atoms with Gasteiger partial charge in [-0.25, -0.2) is 0 Å². The standard InChI is InChI=1S/C28H42N8O7/c1-15(2)6-7-17-9-18-11-19(10-17)25(41)34-16(3)24(40)36-20(5-4-8-31-28(29)30)26(42)33-14-22(37)35-21(12-23(38)39)27(43)32-13-18/h9-11,15-16,20-21H,4-8,12-14H2,1-3H3,(H,32,43)(H,33,42)(H,34,41)(H,35,37)(H,36,40)(H,38,39)(H4,29,30,31)/t16-,20-,21-/m0/s1. The maximum Gasteiger partial charge on any atom is 0.305 e. The van der Waals surface area contributed by atoms with Crippen molar-refractivity contribution in [2.45, 2.75) is 77.5 Å². The van der Waals surface area contributed by atoms with Crippen molar-refractivity contribution < 1.29 is 33.9 Å². The number of hydrogen-bond donors (Lipinski definition) is 8. The van der Waals surface area contributed by atoms with Crippen molar-refractivity contribution in [2.24, 2.45) is 22.4 Å². The Labute approximate surface area is 250 Å². The van der Waals surface area contributed by atoms with Gasteiger partial charge in [0.25, 0.3) is 5.91 Å². The minimum atomic E-state index is -1.43. The van der Waals surface area contributed by atoms with Crippen molar-refractivity contribution in [3.8, 4) is 0 Å². The van der Waals surface area contributed by atoms with Gasteiger partial charge in [-0.15, -0.1) is 0 Å². The molecule has 2 bridgehead atoms. The van der Waals surface area contributed by atoms with Crippen LogP contribution in [0.25, 0.3) is 0 Å². The molecule has 1 aromatic rings. The van der Waals surface area contributed by atoms with Gasteiger partial charge >= 0.3 is 5.97 Å². The van der Waals surface area contributed by atoms with Crippen molar-refractivity contribution in [2.75, 3.05) is 13.1 Å². The van der Waals surface area contributed by atoms with Crippen LogP contribution < -0.4 is 38.1 Å². The van der Waals surface area contributed by atoms with E-state index in [-0.39, 0.29) is 31.0 Å². The average Bonchev–Trinajstić information content (AvgIpc) is 2.93. The van der Waals surface area contributed by atoms with E-state index in [2.05, 4.69) is 45.4 Å². The number of nitrogens with one attached hydrogen (secondary N) is 5. The molecule has 0 aromatic heterocycles. The molecule has 0 spiro atoms. The molecule has 1 heterocycles. The van der Waals surface area contributed by atoms with Gasteiger partial charge in [-0.05, 0) is 61.8 Å². The topological polar surface area (TPSA) is 247 Å². The van der Waals surface area contributed by atoms with Gasteiger partial charge in [0.15, 0.2) is 5.96 Å². The zero-order valence-corrected chi connectivity index (χ0v) is 24.7. The zero-order valence-electron chi connectivity index (χ0n) is 24.7. The molecule has 0 saturated heterocycles. The van der Waals surface area contributed by atoms with Crippen LogP contribution in [0.15, 0.2) is 23.2 Å². The Morgan fingerprint density at radius 2 is 1.63 bits per heavy atom. The van der Waals surface area contributed by atoms with E-state index in [9.17, 15) is 33.9 Å². The van der Waals surface area contributed by atoms with E-state index in [4.69, 9.17) is 11.5 Å². The molecule has 0 saturated carbocycles. The number of carboxylic acid groups (broad SMARTS) is 1. The number of amides is 5. The van der Waals surface area contributed by atoms with Crippen LogP contribution in [0.1, 0.15) is 67.9 Å². The van der Waals surface area contributed by atoms with Crippen LogP contribution in [0.3, 0.4) is 0 Å². The molecule has 2 rings (SSSR count). The molecular formula is C28H42N8O7. The number of carbonyl (C=O) groups is 6. The molecule has 0 aliphatic carbocycles. The molecule has 43 heavy (non-hydrogen) atoms. The second-order valence-corrected chi connectivity index (χ2v) is 10.8. The number of benzene rings is 1. The average molecular weight is 603 g/mol. The summed E-state index contributed by atoms with van der Waals surface area (Å²) in [5.74, 6) is -4.50. The lowest BCUT2D eigenvalue weighted by atomic mass is 9.98. The first-order chi connectivity index (χ1) is 20.2. The number of aryl methyl sites for hydroxylation is 1. The van der Waals surface area contributed by atoms with Gasteiger partial charge in [0.05, 0.1) is 13.0 Å². The van der Waals surface area contributed by atoms with E-state index < -0.39 is 66.6 Å². The van der Waals surface area contributed by atoms with Gasteiger partial charge < -0.3 is 43.2 Å². The smallest absolute Gasteiger partial charge is 0.305 e. The molecule has 3 atom stereocenters. The van der Waals surface area contributed by atoms with E-state index in [1.54, 1.807) is 12.1 Å². The third kappa shape index (κ3) is 12.4. The summed E-state index contributed by atoms with van der Waals surface area (Å²) in [5.41, 5.74) is 12.3. The minimum absolute atomic E-state index is 0.0467. The Morgan fingerprint density at radius 1 is 0.953 bits per heavy atom. The fraction of sp³-hybridized carbons (Fsp3) is 0.536. The van der Waals surface area contributed by atoms with Gasteiger partial charge in [-0.1, -0.05) is 19.9 Å². The second-order valence-electron chi connectivity index (χ2n) is 10.8. The molecule has 10 N–H and O–H groups in total. The molecule has 0 fully saturated rings. The highest BCUT2D eigenvalue weighted by molar-refractivity contribution is 5.99. The fourth-order valence-electron chi connectivity index (χ4n) is 4.24. The molecule has 1 aromatic carbocycles. The molecule has 15 heteroatoms. The number of fused-ring (bicyclic) bond motifs is 2. The van der Waals surface area contributed by atoms with Crippen LogP contribution in [-0.4, -0.2) is 77.8 Å². The highest BCUT2D eigenvalue weighted by atomic mass is 16.4. The largest absolute Gasteiger partial charge is 0.481 e. The van der Waals surface area contributed by atoms with Gasteiger partial charge in [0.2, 0.25) is 23.6 Å². The summed E-state index contributed by atoms with van der Waals surface area (Å²) in [6.07, 6.45) is 1.20. The normalized spacial score (nSPS) is 20.5. The van der Waals surface area contributed by atoms with E-state index >= 15 is 0 Å². The SMILES string of the molecule is CC(C)CCc1cc2cc(c1)C(=O)N[C@@H](C)C(=O)N[C@@H](CCCN=C(N)N)C(=O)NCC(=O)N[C@@H](CC(=O)O)C(=O)NC2. The van der Waals surface area contributed by atoms with Crippen LogP contribution in [0.4, 0.5) is 0 Å². The molecule has 1 aliphatic heterocycles. The summed E-state index contributed by atoms with van der Waals surface area (Å²) >= 11 is 0. The summed E-state index contributed by atoms with van der Waals surface area (Å²) in [5, 5.41) is 21.9. The Bertz CT molecular complexity index is 1230. The van der Waals surface area contributed by atoms with E-state index in [1.807, 2.05) is 6.07 Å². The molecule has 1 aliphatic rings. The van der Waals surface area contributed by atoms with Crippen LogP contribution in [0, 0.1) is 5.92 Å². The molecule has 15 nitrogen and oxygen atoms in total. The maximum absolute atomic E-state index is 13.2. The Morgan fingerprint density at radius 3 is 2.28 bits per heavy atom. The van der Waals surface area contributed by atoms with E-state index in [1.165, 1.54) is 6.92 Å². The first-order valence-electron chi connectivity index (χ1n) is 14.1. The maximum atomic E-state index is 13.2. The highest BCUT2D eigenvalue weighted by Gasteiger charge is 2.27. The van der Waals surface area contributed by atoms with Crippen molar-refractivity contribution in [1.82, 2.24) is 26.6 Å². The van der Waals surface area contributed by atoms with Crippen LogP contribution in [0.2, 0.25) is 0 Å². The predicted octanol–water partition coefficient (Wildman–Crippen LogP) is -1.36. The number of aliphatic imine (C=N–C) groups is 1. The second kappa shape index (κ2) is 16.7. The van der Waals surface area contributed by atoms with Crippen molar-refractivity contribution >= 4 is 41.5 Å². The van der Waals surface area contributed by atoms with Crippen LogP contribution >= 0.6 is 0 Å². The zero-order chi connectivity index (χ0) is 32.1. The Kier molecular flexibility index (Phi) is 13.4. The summed E-state index contributed by atoms with van der Waals surface area (Å²) in [6, 6.07) is 1.54. The van der Waals surface area contributed by atoms with Gasteiger partial charge in [0, 0.05) is 18.7 Å². The number of nitrogens with two attached hydrogens (primary N) is 2. The van der Waals surface area contributed by atoms with E-state index in [0.29, 0.717) is 24.3 Å². The first-order valence-corrected chi connectivity index (χ1v) is 14.1. The van der Waals surface area contributed by atoms with Gasteiger partial charge in [-0.3, -0.25) is 33.8 Å². The number of aliphatic carboxylic acids is 1. The monoisotopic (exact) mass is 602 g/mol. The number of rotatable bonds is 9. The predicted molar refractivity (Wildman–Crippen MR) is 157 cm³/mol. The summed E-state index contributed by atoms with van der Waals surface area (Å²) in [4.78, 5) is 79.9. The van der Waals surface area contributed by atoms with Crippen LogP contribution in [0.5, 0.6) is 0 Å². The summed E-state index contributed by atoms with van der Waals surface area (Å²) in [6.45, 7) is 5.15. The molecule has 236 valence electrons. The van der Waals surface area contributed by atoms with Gasteiger partial charge in [0.1, 0.15) is 18.1 Å². The number of hydrogen-bond acceptors (Lipinski definition) is 7. The van der Waals surface area contributed by atoms with E-state index in [0.717, 1.165) is 12.0 Å².